The molecule has 8 nitrogen and oxygen atoms in total. The zero-order valence-corrected chi connectivity index (χ0v) is 16.6. The quantitative estimate of drug-likeness (QED) is 0.670. The first kappa shape index (κ1) is 20.3. The number of aromatic nitrogens is 3. The van der Waals surface area contributed by atoms with E-state index in [0.29, 0.717) is 37.1 Å². The Morgan fingerprint density at radius 1 is 1.21 bits per heavy atom. The minimum absolute atomic E-state index is 0.110. The molecule has 0 radical (unpaired) electrons. The number of rotatable bonds is 8. The number of hydrogen-bond acceptors (Lipinski definition) is 6. The van der Waals surface area contributed by atoms with Crippen molar-refractivity contribution in [3.63, 3.8) is 0 Å². The third-order valence-corrected chi connectivity index (χ3v) is 5.15. The summed E-state index contributed by atoms with van der Waals surface area (Å²) < 4.78 is 10.5. The van der Waals surface area contributed by atoms with Crippen molar-refractivity contribution in [3.8, 4) is 11.4 Å². The topological polar surface area (TPSA) is 104 Å². The first-order chi connectivity index (χ1) is 13.6. The molecule has 0 bridgehead atoms. The Labute approximate surface area is 165 Å². The van der Waals surface area contributed by atoms with Crippen LogP contribution in [0.5, 0.6) is 5.75 Å². The SMILES string of the molecule is COCCOc1ccc(-n2nc(C)c(C(=O)NC3CCCCC3CN)n2)cc1. The van der Waals surface area contributed by atoms with Crippen molar-refractivity contribution in [2.24, 2.45) is 11.7 Å². The van der Waals surface area contributed by atoms with Gasteiger partial charge in [-0.05, 0) is 56.5 Å². The molecule has 3 rings (SSSR count). The van der Waals surface area contributed by atoms with Crippen LogP contribution in [0.1, 0.15) is 41.9 Å². The predicted molar refractivity (Wildman–Crippen MR) is 106 cm³/mol. The fraction of sp³-hybridized carbons (Fsp3) is 0.550. The Bertz CT molecular complexity index is 775. The molecule has 0 aliphatic heterocycles. The maximum Gasteiger partial charge on any atom is 0.273 e. The van der Waals surface area contributed by atoms with Crippen molar-refractivity contribution >= 4 is 5.91 Å². The molecule has 3 N–H and O–H groups in total. The maximum atomic E-state index is 12.7. The van der Waals surface area contributed by atoms with Crippen LogP contribution in [-0.4, -0.2) is 53.8 Å². The van der Waals surface area contributed by atoms with E-state index in [4.69, 9.17) is 15.2 Å². The zero-order chi connectivity index (χ0) is 19.9. The number of benzene rings is 1. The molecule has 2 aromatic rings. The standard InChI is InChI=1S/C20H29N5O3/c1-14-19(20(26)22-18-6-4-3-5-15(18)13-21)24-25(23-14)16-7-9-17(10-8-16)28-12-11-27-2/h7-10,15,18H,3-6,11-13,21H2,1-2H3,(H,22,26). The lowest BCUT2D eigenvalue weighted by Gasteiger charge is -2.31. The van der Waals surface area contributed by atoms with Gasteiger partial charge in [0.05, 0.1) is 18.0 Å². The van der Waals surface area contributed by atoms with Crippen LogP contribution in [0.15, 0.2) is 24.3 Å². The van der Waals surface area contributed by atoms with Crippen LogP contribution in [0, 0.1) is 12.8 Å². The van der Waals surface area contributed by atoms with Crippen LogP contribution in [0.25, 0.3) is 5.69 Å². The van der Waals surface area contributed by atoms with E-state index in [1.54, 1.807) is 14.0 Å². The highest BCUT2D eigenvalue weighted by Gasteiger charge is 2.27. The fourth-order valence-corrected chi connectivity index (χ4v) is 3.54. The first-order valence-electron chi connectivity index (χ1n) is 9.79. The molecular formula is C20H29N5O3. The number of nitrogens with two attached hydrogens (primary N) is 1. The number of nitrogens with one attached hydrogen (secondary N) is 1. The van der Waals surface area contributed by atoms with E-state index in [-0.39, 0.29) is 11.9 Å². The van der Waals surface area contributed by atoms with Gasteiger partial charge in [0.25, 0.3) is 5.91 Å². The van der Waals surface area contributed by atoms with E-state index in [9.17, 15) is 4.79 Å². The van der Waals surface area contributed by atoms with E-state index in [2.05, 4.69) is 15.5 Å². The molecule has 1 aromatic heterocycles. The summed E-state index contributed by atoms with van der Waals surface area (Å²) in [7, 11) is 1.64. The lowest BCUT2D eigenvalue weighted by molar-refractivity contribution is 0.0902. The van der Waals surface area contributed by atoms with Crippen LogP contribution in [0.4, 0.5) is 0 Å². The second-order valence-electron chi connectivity index (χ2n) is 7.12. The third-order valence-electron chi connectivity index (χ3n) is 5.15. The van der Waals surface area contributed by atoms with Crippen molar-refractivity contribution in [2.75, 3.05) is 26.9 Å². The Kier molecular flexibility index (Phi) is 7.00. The summed E-state index contributed by atoms with van der Waals surface area (Å²) in [5, 5.41) is 11.9. The lowest BCUT2D eigenvalue weighted by atomic mass is 9.84. The number of carbonyl (C=O) groups excluding carboxylic acids is 1. The van der Waals surface area contributed by atoms with E-state index in [1.807, 2.05) is 24.3 Å². The summed E-state index contributed by atoms with van der Waals surface area (Å²) in [6, 6.07) is 7.51. The molecule has 1 aromatic carbocycles. The number of aryl methyl sites for hydroxylation is 1. The van der Waals surface area contributed by atoms with E-state index < -0.39 is 0 Å². The molecule has 1 aliphatic rings. The summed E-state index contributed by atoms with van der Waals surface area (Å²) in [6.07, 6.45) is 4.32. The molecule has 28 heavy (non-hydrogen) atoms. The van der Waals surface area contributed by atoms with Gasteiger partial charge in [-0.15, -0.1) is 5.10 Å². The largest absolute Gasteiger partial charge is 0.491 e. The Balaban J connectivity index is 1.67. The van der Waals surface area contributed by atoms with Crippen LogP contribution in [-0.2, 0) is 4.74 Å². The Morgan fingerprint density at radius 3 is 2.68 bits per heavy atom. The summed E-state index contributed by atoms with van der Waals surface area (Å²) in [5.74, 6) is 0.889. The smallest absolute Gasteiger partial charge is 0.273 e. The highest BCUT2D eigenvalue weighted by Crippen LogP contribution is 2.24. The summed E-state index contributed by atoms with van der Waals surface area (Å²) in [6.45, 7) is 3.41. The molecular weight excluding hydrogens is 358 g/mol. The summed E-state index contributed by atoms with van der Waals surface area (Å²) in [4.78, 5) is 14.2. The van der Waals surface area contributed by atoms with Crippen molar-refractivity contribution in [1.29, 1.82) is 0 Å². The third kappa shape index (κ3) is 4.88. The molecule has 1 amide bonds. The molecule has 0 saturated heterocycles. The number of ether oxygens (including phenoxy) is 2. The maximum absolute atomic E-state index is 12.7. The fourth-order valence-electron chi connectivity index (χ4n) is 3.54. The second-order valence-corrected chi connectivity index (χ2v) is 7.12. The zero-order valence-electron chi connectivity index (χ0n) is 16.6. The van der Waals surface area contributed by atoms with Gasteiger partial charge >= 0.3 is 0 Å². The number of hydrogen-bond donors (Lipinski definition) is 2. The van der Waals surface area contributed by atoms with Crippen LogP contribution in [0.3, 0.4) is 0 Å². The van der Waals surface area contributed by atoms with Crippen molar-refractivity contribution in [2.45, 2.75) is 38.6 Å². The number of amides is 1. The van der Waals surface area contributed by atoms with Gasteiger partial charge in [-0.3, -0.25) is 4.79 Å². The molecule has 152 valence electrons. The Morgan fingerprint density at radius 2 is 1.96 bits per heavy atom. The number of carbonyl (C=O) groups is 1. The molecule has 2 unspecified atom stereocenters. The molecule has 2 atom stereocenters. The van der Waals surface area contributed by atoms with Crippen molar-refractivity contribution < 1.29 is 14.3 Å². The van der Waals surface area contributed by atoms with Gasteiger partial charge in [-0.25, -0.2) is 0 Å². The normalized spacial score (nSPS) is 19.4. The van der Waals surface area contributed by atoms with Gasteiger partial charge in [0.15, 0.2) is 5.69 Å². The number of methoxy groups -OCH3 is 1. The van der Waals surface area contributed by atoms with Gasteiger partial charge in [0.1, 0.15) is 12.4 Å². The minimum Gasteiger partial charge on any atom is -0.491 e. The molecule has 1 saturated carbocycles. The van der Waals surface area contributed by atoms with Gasteiger partial charge in [-0.2, -0.15) is 9.90 Å². The molecule has 1 fully saturated rings. The predicted octanol–water partition coefficient (Wildman–Crippen LogP) is 1.85. The van der Waals surface area contributed by atoms with Gasteiger partial charge in [0.2, 0.25) is 0 Å². The lowest BCUT2D eigenvalue weighted by Crippen LogP contribution is -2.45. The van der Waals surface area contributed by atoms with E-state index in [0.717, 1.165) is 30.7 Å². The highest BCUT2D eigenvalue weighted by atomic mass is 16.5. The second kappa shape index (κ2) is 9.66. The summed E-state index contributed by atoms with van der Waals surface area (Å²) >= 11 is 0. The summed E-state index contributed by atoms with van der Waals surface area (Å²) in [5.41, 5.74) is 7.57. The molecule has 1 heterocycles. The van der Waals surface area contributed by atoms with E-state index in [1.165, 1.54) is 11.2 Å². The molecule has 1 aliphatic carbocycles. The average molecular weight is 387 g/mol. The van der Waals surface area contributed by atoms with Crippen LogP contribution < -0.4 is 15.8 Å². The minimum atomic E-state index is -0.186. The van der Waals surface area contributed by atoms with Gasteiger partial charge in [-0.1, -0.05) is 12.8 Å². The average Bonchev–Trinajstić information content (AvgIpc) is 3.11. The van der Waals surface area contributed by atoms with Crippen molar-refractivity contribution in [1.82, 2.24) is 20.3 Å². The molecule has 8 heteroatoms. The van der Waals surface area contributed by atoms with Crippen LogP contribution in [0.2, 0.25) is 0 Å². The molecule has 0 spiro atoms. The van der Waals surface area contributed by atoms with Gasteiger partial charge in [0, 0.05) is 13.2 Å². The van der Waals surface area contributed by atoms with Gasteiger partial charge < -0.3 is 20.5 Å². The first-order valence-corrected chi connectivity index (χ1v) is 9.79. The van der Waals surface area contributed by atoms with Crippen molar-refractivity contribution in [3.05, 3.63) is 35.7 Å². The Hall–Kier alpha value is -2.45. The van der Waals surface area contributed by atoms with E-state index >= 15 is 0 Å². The number of nitrogens with zero attached hydrogens (tertiary/aromatic N) is 3. The van der Waals surface area contributed by atoms with Crippen LogP contribution >= 0.6 is 0 Å². The monoisotopic (exact) mass is 387 g/mol. The highest BCUT2D eigenvalue weighted by molar-refractivity contribution is 5.93.